The van der Waals surface area contributed by atoms with Crippen LogP contribution in [0.25, 0.3) is 104 Å². The summed E-state index contributed by atoms with van der Waals surface area (Å²) >= 11 is 1.75. The van der Waals surface area contributed by atoms with Gasteiger partial charge in [0.2, 0.25) is 0 Å². The first-order valence-corrected chi connectivity index (χ1v) is 19.5. The second-order valence-corrected chi connectivity index (χ2v) is 14.9. The highest BCUT2D eigenvalue weighted by Crippen LogP contribution is 2.41. The number of benzene rings is 8. The molecule has 0 saturated carbocycles. The fourth-order valence-corrected chi connectivity index (χ4v) is 8.76. The molecule has 0 aliphatic carbocycles. The third kappa shape index (κ3) is 5.54. The first-order valence-electron chi connectivity index (χ1n) is 18.6. The highest BCUT2D eigenvalue weighted by Gasteiger charge is 2.18. The van der Waals surface area contributed by atoms with Crippen LogP contribution < -0.4 is 0 Å². The molecule has 3 heterocycles. The predicted molar refractivity (Wildman–Crippen MR) is 232 cm³/mol. The number of rotatable bonds is 6. The molecule has 0 atom stereocenters. The SMILES string of the molecule is c1ccc(-c2nc(-c3ccccc3)nc(-c3ccc(-c4ccc5ccc(-n6c7ccccc7c7c(-c8nc9ccccc9s8)cccc76)cc5c4)cc3)n2)cc1. The number of fused-ring (bicyclic) bond motifs is 5. The zero-order valence-corrected chi connectivity index (χ0v) is 30.9. The summed E-state index contributed by atoms with van der Waals surface area (Å²) in [5, 5.41) is 5.85. The van der Waals surface area contributed by atoms with E-state index in [1.165, 1.54) is 37.3 Å². The number of aromatic nitrogens is 5. The van der Waals surface area contributed by atoms with E-state index in [2.05, 4.69) is 132 Å². The van der Waals surface area contributed by atoms with Gasteiger partial charge in [0.15, 0.2) is 17.5 Å². The molecule has 262 valence electrons. The zero-order chi connectivity index (χ0) is 37.0. The average Bonchev–Trinajstić information content (AvgIpc) is 3.86. The van der Waals surface area contributed by atoms with Gasteiger partial charge in [0.05, 0.1) is 21.3 Å². The fraction of sp³-hybridized carbons (Fsp3) is 0. The highest BCUT2D eigenvalue weighted by molar-refractivity contribution is 7.21. The van der Waals surface area contributed by atoms with Gasteiger partial charge in [-0.2, -0.15) is 0 Å². The Hall–Kier alpha value is -7.28. The summed E-state index contributed by atoms with van der Waals surface area (Å²) in [6, 6.07) is 65.8. The van der Waals surface area contributed by atoms with E-state index in [4.69, 9.17) is 19.9 Å². The topological polar surface area (TPSA) is 56.5 Å². The molecular weight excluding hydrogens is 703 g/mol. The number of thiazole rings is 1. The first-order chi connectivity index (χ1) is 27.7. The summed E-state index contributed by atoms with van der Waals surface area (Å²) in [4.78, 5) is 19.8. The lowest BCUT2D eigenvalue weighted by atomic mass is 9.99. The minimum Gasteiger partial charge on any atom is -0.309 e. The van der Waals surface area contributed by atoms with Crippen molar-refractivity contribution >= 4 is 54.1 Å². The maximum atomic E-state index is 5.06. The van der Waals surface area contributed by atoms with Crippen LogP contribution in [0.15, 0.2) is 188 Å². The Balaban J connectivity index is 0.982. The minimum atomic E-state index is 0.643. The Bertz CT molecular complexity index is 3150. The number of hydrogen-bond donors (Lipinski definition) is 0. The van der Waals surface area contributed by atoms with Gasteiger partial charge < -0.3 is 4.57 Å². The molecule has 0 N–H and O–H groups in total. The van der Waals surface area contributed by atoms with Crippen LogP contribution >= 0.6 is 11.3 Å². The molecular formula is C50H31N5S. The van der Waals surface area contributed by atoms with Crippen molar-refractivity contribution in [2.75, 3.05) is 0 Å². The third-order valence-electron chi connectivity index (χ3n) is 10.5. The average molecular weight is 734 g/mol. The van der Waals surface area contributed by atoms with Crippen LogP contribution in [0.3, 0.4) is 0 Å². The van der Waals surface area contributed by atoms with Gasteiger partial charge in [-0.25, -0.2) is 19.9 Å². The molecule has 5 nitrogen and oxygen atoms in total. The molecule has 0 saturated heterocycles. The maximum absolute atomic E-state index is 5.06. The maximum Gasteiger partial charge on any atom is 0.164 e. The van der Waals surface area contributed by atoms with Crippen molar-refractivity contribution in [2.45, 2.75) is 0 Å². The summed E-state index contributed by atoms with van der Waals surface area (Å²) in [6.45, 7) is 0. The predicted octanol–water partition coefficient (Wildman–Crippen LogP) is 13.1. The number of nitrogens with zero attached hydrogens (tertiary/aromatic N) is 5. The lowest BCUT2D eigenvalue weighted by Gasteiger charge is -2.11. The van der Waals surface area contributed by atoms with Gasteiger partial charge in [0.25, 0.3) is 0 Å². The Labute approximate surface area is 326 Å². The van der Waals surface area contributed by atoms with Crippen LogP contribution in [0.4, 0.5) is 0 Å². The normalized spacial score (nSPS) is 11.6. The van der Waals surface area contributed by atoms with Gasteiger partial charge in [0, 0.05) is 38.7 Å². The minimum absolute atomic E-state index is 0.643. The summed E-state index contributed by atoms with van der Waals surface area (Å²) in [5.74, 6) is 1.95. The molecule has 11 aromatic rings. The molecule has 8 aromatic carbocycles. The van der Waals surface area contributed by atoms with E-state index in [1.807, 2.05) is 60.7 Å². The van der Waals surface area contributed by atoms with E-state index >= 15 is 0 Å². The van der Waals surface area contributed by atoms with Crippen molar-refractivity contribution in [3.05, 3.63) is 188 Å². The van der Waals surface area contributed by atoms with E-state index in [1.54, 1.807) is 11.3 Å². The smallest absolute Gasteiger partial charge is 0.164 e. The van der Waals surface area contributed by atoms with E-state index in [0.717, 1.165) is 49.6 Å². The molecule has 0 spiro atoms. The van der Waals surface area contributed by atoms with Crippen LogP contribution in [-0.2, 0) is 0 Å². The van der Waals surface area contributed by atoms with Crippen LogP contribution in [-0.4, -0.2) is 24.5 Å². The lowest BCUT2D eigenvalue weighted by Crippen LogP contribution is -2.00. The van der Waals surface area contributed by atoms with Crippen molar-refractivity contribution in [1.82, 2.24) is 24.5 Å². The summed E-state index contributed by atoms with van der Waals surface area (Å²) in [6.07, 6.45) is 0. The van der Waals surface area contributed by atoms with Crippen LogP contribution in [0.2, 0.25) is 0 Å². The van der Waals surface area contributed by atoms with Crippen LogP contribution in [0.5, 0.6) is 0 Å². The lowest BCUT2D eigenvalue weighted by molar-refractivity contribution is 1.07. The Morgan fingerprint density at radius 1 is 0.393 bits per heavy atom. The van der Waals surface area contributed by atoms with E-state index < -0.39 is 0 Å². The van der Waals surface area contributed by atoms with Gasteiger partial charge in [-0.15, -0.1) is 11.3 Å². The standard InChI is InChI=1S/C50H31N5S/c1-3-12-34(13-4-1)47-52-48(35-14-5-2-6-15-35)54-49(53-47)36-25-22-32(23-26-36)37-27-24-33-28-29-39(31-38(33)30-37)55-43-19-9-7-16-40(43)46-41(17-11-20-44(46)55)50-51-42-18-8-10-21-45(42)56-50/h1-31H. The van der Waals surface area contributed by atoms with E-state index in [9.17, 15) is 0 Å². The zero-order valence-electron chi connectivity index (χ0n) is 30.0. The fourth-order valence-electron chi connectivity index (χ4n) is 7.77. The van der Waals surface area contributed by atoms with Crippen LogP contribution in [0, 0.1) is 0 Å². The molecule has 11 rings (SSSR count). The van der Waals surface area contributed by atoms with Gasteiger partial charge in [-0.1, -0.05) is 146 Å². The van der Waals surface area contributed by atoms with Gasteiger partial charge in [-0.3, -0.25) is 0 Å². The second-order valence-electron chi connectivity index (χ2n) is 13.9. The van der Waals surface area contributed by atoms with Gasteiger partial charge in [-0.05, 0) is 64.4 Å². The molecule has 6 heteroatoms. The second kappa shape index (κ2) is 13.2. The highest BCUT2D eigenvalue weighted by atomic mass is 32.1. The molecule has 0 aliphatic heterocycles. The largest absolute Gasteiger partial charge is 0.309 e. The summed E-state index contributed by atoms with van der Waals surface area (Å²) < 4.78 is 3.59. The molecule has 0 bridgehead atoms. The molecule has 0 unspecified atom stereocenters. The quantitative estimate of drug-likeness (QED) is 0.171. The Morgan fingerprint density at radius 2 is 0.982 bits per heavy atom. The number of para-hydroxylation sites is 2. The Morgan fingerprint density at radius 3 is 1.71 bits per heavy atom. The summed E-state index contributed by atoms with van der Waals surface area (Å²) in [5.41, 5.74) is 10.8. The first kappa shape index (κ1) is 32.2. The van der Waals surface area contributed by atoms with Crippen molar-refractivity contribution in [2.24, 2.45) is 0 Å². The molecule has 0 aliphatic rings. The van der Waals surface area contributed by atoms with Gasteiger partial charge in [0.1, 0.15) is 5.01 Å². The number of hydrogen-bond acceptors (Lipinski definition) is 5. The molecule has 0 radical (unpaired) electrons. The monoisotopic (exact) mass is 733 g/mol. The molecule has 0 fully saturated rings. The van der Waals surface area contributed by atoms with Crippen molar-refractivity contribution in [3.63, 3.8) is 0 Å². The molecule has 0 amide bonds. The van der Waals surface area contributed by atoms with Crippen LogP contribution in [0.1, 0.15) is 0 Å². The van der Waals surface area contributed by atoms with E-state index in [-0.39, 0.29) is 0 Å². The Kier molecular flexibility index (Phi) is 7.60. The molecule has 3 aromatic heterocycles. The van der Waals surface area contributed by atoms with Crippen molar-refractivity contribution < 1.29 is 0 Å². The van der Waals surface area contributed by atoms with Crippen molar-refractivity contribution in [1.29, 1.82) is 0 Å². The molecule has 56 heavy (non-hydrogen) atoms. The third-order valence-corrected chi connectivity index (χ3v) is 11.5. The van der Waals surface area contributed by atoms with E-state index in [0.29, 0.717) is 17.5 Å². The summed E-state index contributed by atoms with van der Waals surface area (Å²) in [7, 11) is 0. The van der Waals surface area contributed by atoms with Crippen molar-refractivity contribution in [3.8, 4) is 61.5 Å². The van der Waals surface area contributed by atoms with Gasteiger partial charge >= 0.3 is 0 Å².